The smallest absolute Gasteiger partial charge is 0.417 e. The van der Waals surface area contributed by atoms with Crippen molar-refractivity contribution in [3.8, 4) is 11.5 Å². The number of hydrogen-bond donors (Lipinski definition) is 2. The molecule has 0 aliphatic heterocycles. The Labute approximate surface area is 120 Å². The van der Waals surface area contributed by atoms with E-state index in [1.807, 2.05) is 0 Å². The molecule has 7 heteroatoms. The van der Waals surface area contributed by atoms with Gasteiger partial charge in [0.15, 0.2) is 17.6 Å². The van der Waals surface area contributed by atoms with Gasteiger partial charge >= 0.3 is 6.18 Å². The van der Waals surface area contributed by atoms with Crippen molar-refractivity contribution in [2.24, 2.45) is 0 Å². The van der Waals surface area contributed by atoms with Crippen molar-refractivity contribution in [1.29, 1.82) is 0 Å². The van der Waals surface area contributed by atoms with Crippen LogP contribution >= 0.6 is 0 Å². The first-order chi connectivity index (χ1) is 9.90. The van der Waals surface area contributed by atoms with Crippen LogP contribution in [-0.2, 0) is 6.54 Å². The predicted molar refractivity (Wildman–Crippen MR) is 70.4 cm³/mol. The molecule has 0 amide bonds. The highest BCUT2D eigenvalue weighted by Crippen LogP contribution is 2.30. The molecular formula is C14H18F3NO3. The number of ether oxygens (including phenoxy) is 2. The molecular weight excluding hydrogens is 287 g/mol. The Hall–Kier alpha value is -1.47. The number of methoxy groups -OCH3 is 1. The lowest BCUT2D eigenvalue weighted by Crippen LogP contribution is -2.34. The fourth-order valence-electron chi connectivity index (χ4n) is 1.75. The van der Waals surface area contributed by atoms with Crippen molar-refractivity contribution in [2.45, 2.75) is 37.7 Å². The molecule has 2 N–H and O–H groups in total. The summed E-state index contributed by atoms with van der Waals surface area (Å²) in [7, 11) is 1.42. The maximum atomic E-state index is 12.2. The van der Waals surface area contributed by atoms with Gasteiger partial charge in [-0.05, 0) is 30.5 Å². The lowest BCUT2D eigenvalue weighted by Gasteiger charge is -2.17. The zero-order valence-corrected chi connectivity index (χ0v) is 11.6. The van der Waals surface area contributed by atoms with E-state index in [0.29, 0.717) is 18.3 Å². The fourth-order valence-corrected chi connectivity index (χ4v) is 1.75. The Morgan fingerprint density at radius 2 is 2.05 bits per heavy atom. The molecule has 118 valence electrons. The van der Waals surface area contributed by atoms with Gasteiger partial charge in [-0.3, -0.25) is 0 Å². The number of nitrogens with one attached hydrogen (secondary N) is 1. The van der Waals surface area contributed by atoms with Crippen molar-refractivity contribution in [3.63, 3.8) is 0 Å². The SMILES string of the molecule is COc1cc(CNC2CC2)ccc1OCC(O)C(F)(F)F. The number of alkyl halides is 3. The van der Waals surface area contributed by atoms with E-state index < -0.39 is 18.9 Å². The standard InChI is InChI=1S/C14H18F3NO3/c1-20-12-6-9(7-18-10-3-4-10)2-5-11(12)21-8-13(19)14(15,16)17/h2,5-6,10,13,18-19H,3-4,7-8H2,1H3. The molecule has 21 heavy (non-hydrogen) atoms. The van der Waals surface area contributed by atoms with Gasteiger partial charge in [0.25, 0.3) is 0 Å². The van der Waals surface area contributed by atoms with Crippen LogP contribution in [0, 0.1) is 0 Å². The molecule has 0 bridgehead atoms. The van der Waals surface area contributed by atoms with Gasteiger partial charge < -0.3 is 19.9 Å². The minimum Gasteiger partial charge on any atom is -0.493 e. The molecule has 0 spiro atoms. The zero-order valence-electron chi connectivity index (χ0n) is 11.6. The van der Waals surface area contributed by atoms with E-state index in [4.69, 9.17) is 14.6 Å². The molecule has 1 aromatic carbocycles. The molecule has 1 saturated carbocycles. The molecule has 1 aromatic rings. The van der Waals surface area contributed by atoms with Gasteiger partial charge in [-0.25, -0.2) is 0 Å². The summed E-state index contributed by atoms with van der Waals surface area (Å²) in [5.41, 5.74) is 0.961. The number of benzene rings is 1. The molecule has 0 saturated heterocycles. The van der Waals surface area contributed by atoms with E-state index in [0.717, 1.165) is 5.56 Å². The van der Waals surface area contributed by atoms with E-state index in [-0.39, 0.29) is 5.75 Å². The van der Waals surface area contributed by atoms with Gasteiger partial charge in [-0.1, -0.05) is 6.07 Å². The Bertz CT molecular complexity index is 475. The number of aliphatic hydroxyl groups is 1. The van der Waals surface area contributed by atoms with E-state index in [1.54, 1.807) is 18.2 Å². The second-order valence-electron chi connectivity index (χ2n) is 5.01. The molecule has 1 atom stereocenters. The zero-order chi connectivity index (χ0) is 15.5. The van der Waals surface area contributed by atoms with Crippen LogP contribution in [0.25, 0.3) is 0 Å². The van der Waals surface area contributed by atoms with E-state index in [1.165, 1.54) is 20.0 Å². The van der Waals surface area contributed by atoms with Gasteiger partial charge in [-0.15, -0.1) is 0 Å². The number of halogens is 3. The topological polar surface area (TPSA) is 50.7 Å². The fraction of sp³-hybridized carbons (Fsp3) is 0.571. The van der Waals surface area contributed by atoms with E-state index in [2.05, 4.69) is 5.32 Å². The maximum Gasteiger partial charge on any atom is 0.417 e. The van der Waals surface area contributed by atoms with Crippen molar-refractivity contribution < 1.29 is 27.8 Å². The summed E-state index contributed by atoms with van der Waals surface area (Å²) in [4.78, 5) is 0. The highest BCUT2D eigenvalue weighted by atomic mass is 19.4. The minimum absolute atomic E-state index is 0.177. The van der Waals surface area contributed by atoms with Crippen LogP contribution in [0.2, 0.25) is 0 Å². The molecule has 0 heterocycles. The van der Waals surface area contributed by atoms with Gasteiger partial charge in [-0.2, -0.15) is 13.2 Å². The predicted octanol–water partition coefficient (Wildman–Crippen LogP) is 2.25. The van der Waals surface area contributed by atoms with Gasteiger partial charge in [0.2, 0.25) is 0 Å². The number of hydrogen-bond acceptors (Lipinski definition) is 4. The lowest BCUT2D eigenvalue weighted by molar-refractivity contribution is -0.210. The number of rotatable bonds is 7. The average Bonchev–Trinajstić information content (AvgIpc) is 3.25. The van der Waals surface area contributed by atoms with Crippen molar-refractivity contribution in [3.05, 3.63) is 23.8 Å². The first kappa shape index (κ1) is 15.9. The monoisotopic (exact) mass is 305 g/mol. The van der Waals surface area contributed by atoms with E-state index in [9.17, 15) is 13.2 Å². The van der Waals surface area contributed by atoms with Crippen LogP contribution in [0.1, 0.15) is 18.4 Å². The molecule has 1 aliphatic carbocycles. The van der Waals surface area contributed by atoms with Crippen LogP contribution in [-0.4, -0.2) is 37.1 Å². The molecule has 0 radical (unpaired) electrons. The van der Waals surface area contributed by atoms with Gasteiger partial charge in [0, 0.05) is 12.6 Å². The van der Waals surface area contributed by atoms with Crippen LogP contribution < -0.4 is 14.8 Å². The molecule has 1 unspecified atom stereocenters. The summed E-state index contributed by atoms with van der Waals surface area (Å²) < 4.78 is 46.7. The van der Waals surface area contributed by atoms with Crippen molar-refractivity contribution >= 4 is 0 Å². The van der Waals surface area contributed by atoms with Gasteiger partial charge in [0.05, 0.1) is 7.11 Å². The third-order valence-corrected chi connectivity index (χ3v) is 3.17. The Balaban J connectivity index is 1.95. The summed E-state index contributed by atoms with van der Waals surface area (Å²) in [5.74, 6) is 0.524. The van der Waals surface area contributed by atoms with Crippen LogP contribution in [0.4, 0.5) is 13.2 Å². The Morgan fingerprint density at radius 1 is 1.33 bits per heavy atom. The largest absolute Gasteiger partial charge is 0.493 e. The molecule has 1 aliphatic rings. The molecule has 4 nitrogen and oxygen atoms in total. The molecule has 1 fully saturated rings. The molecule has 0 aromatic heterocycles. The van der Waals surface area contributed by atoms with Gasteiger partial charge in [0.1, 0.15) is 6.61 Å². The number of aliphatic hydroxyl groups excluding tert-OH is 1. The lowest BCUT2D eigenvalue weighted by atomic mass is 10.2. The second kappa shape index (κ2) is 6.53. The first-order valence-electron chi connectivity index (χ1n) is 6.68. The third kappa shape index (κ3) is 4.78. The van der Waals surface area contributed by atoms with Crippen LogP contribution in [0.5, 0.6) is 11.5 Å². The molecule has 2 rings (SSSR count). The summed E-state index contributed by atoms with van der Waals surface area (Å²) in [5, 5.41) is 12.2. The summed E-state index contributed by atoms with van der Waals surface area (Å²) in [6, 6.07) is 5.58. The van der Waals surface area contributed by atoms with Crippen LogP contribution in [0.3, 0.4) is 0 Å². The summed E-state index contributed by atoms with van der Waals surface area (Å²) >= 11 is 0. The maximum absolute atomic E-state index is 12.2. The van der Waals surface area contributed by atoms with Crippen molar-refractivity contribution in [2.75, 3.05) is 13.7 Å². The Kier molecular flexibility index (Phi) is 4.95. The van der Waals surface area contributed by atoms with E-state index >= 15 is 0 Å². The highest BCUT2D eigenvalue weighted by molar-refractivity contribution is 5.43. The third-order valence-electron chi connectivity index (χ3n) is 3.17. The van der Waals surface area contributed by atoms with Crippen molar-refractivity contribution in [1.82, 2.24) is 5.32 Å². The average molecular weight is 305 g/mol. The minimum atomic E-state index is -4.69. The Morgan fingerprint density at radius 3 is 2.62 bits per heavy atom. The second-order valence-corrected chi connectivity index (χ2v) is 5.01. The normalized spacial score (nSPS) is 16.6. The summed E-state index contributed by atoms with van der Waals surface area (Å²) in [6.45, 7) is -0.188. The summed E-state index contributed by atoms with van der Waals surface area (Å²) in [6.07, 6.45) is -4.86. The quantitative estimate of drug-likeness (QED) is 0.811. The van der Waals surface area contributed by atoms with Crippen LogP contribution in [0.15, 0.2) is 18.2 Å². The first-order valence-corrected chi connectivity index (χ1v) is 6.68. The highest BCUT2D eigenvalue weighted by Gasteiger charge is 2.38.